The summed E-state index contributed by atoms with van der Waals surface area (Å²) in [5.74, 6) is 0.261. The second-order valence-corrected chi connectivity index (χ2v) is 9.98. The minimum Gasteiger partial charge on any atom is -0.339 e. The molecule has 4 rings (SSSR count). The van der Waals surface area contributed by atoms with Crippen molar-refractivity contribution in [2.24, 2.45) is 11.8 Å². The topological polar surface area (TPSA) is 82.6 Å². The van der Waals surface area contributed by atoms with E-state index >= 15 is 0 Å². The van der Waals surface area contributed by atoms with E-state index < -0.39 is 5.54 Å². The van der Waals surface area contributed by atoms with E-state index in [-0.39, 0.29) is 30.3 Å². The van der Waals surface area contributed by atoms with Gasteiger partial charge in [0.1, 0.15) is 5.54 Å². The largest absolute Gasteiger partial charge is 0.339 e. The molecular formula is C27H34N4O3. The Balaban J connectivity index is 1.51. The molecule has 0 unspecified atom stereocenters. The summed E-state index contributed by atoms with van der Waals surface area (Å²) in [4.78, 5) is 47.2. The number of pyridine rings is 1. The van der Waals surface area contributed by atoms with Gasteiger partial charge in [-0.25, -0.2) is 4.79 Å². The number of aryl methyl sites for hydroxylation is 1. The van der Waals surface area contributed by atoms with E-state index in [2.05, 4.69) is 24.1 Å². The van der Waals surface area contributed by atoms with Crippen LogP contribution in [0.3, 0.4) is 0 Å². The van der Waals surface area contributed by atoms with Crippen LogP contribution in [0.4, 0.5) is 4.79 Å². The van der Waals surface area contributed by atoms with Crippen LogP contribution in [-0.2, 0) is 11.3 Å². The van der Waals surface area contributed by atoms with E-state index in [0.29, 0.717) is 49.5 Å². The van der Waals surface area contributed by atoms with Gasteiger partial charge in [-0.3, -0.25) is 19.5 Å². The Labute approximate surface area is 201 Å². The highest BCUT2D eigenvalue weighted by Gasteiger charge is 2.55. The van der Waals surface area contributed by atoms with Crippen molar-refractivity contribution in [2.45, 2.75) is 58.5 Å². The van der Waals surface area contributed by atoms with E-state index in [1.807, 2.05) is 54.3 Å². The minimum absolute atomic E-state index is 0.0157. The van der Waals surface area contributed by atoms with Crippen molar-refractivity contribution in [3.63, 3.8) is 0 Å². The van der Waals surface area contributed by atoms with Gasteiger partial charge in [-0.05, 0) is 68.7 Å². The molecule has 34 heavy (non-hydrogen) atoms. The van der Waals surface area contributed by atoms with Crippen LogP contribution in [0.1, 0.15) is 61.1 Å². The smallest absolute Gasteiger partial charge is 0.325 e. The zero-order valence-electron chi connectivity index (χ0n) is 20.3. The number of imide groups is 1. The number of urea groups is 1. The minimum atomic E-state index is -0.922. The maximum atomic E-state index is 13.8. The van der Waals surface area contributed by atoms with Crippen LogP contribution in [-0.4, -0.2) is 51.3 Å². The number of rotatable bonds is 7. The first-order chi connectivity index (χ1) is 16.3. The maximum Gasteiger partial charge on any atom is 0.325 e. The molecule has 2 fully saturated rings. The molecule has 3 heterocycles. The Morgan fingerprint density at radius 3 is 2.56 bits per heavy atom. The van der Waals surface area contributed by atoms with Gasteiger partial charge in [0.15, 0.2) is 0 Å². The van der Waals surface area contributed by atoms with Gasteiger partial charge >= 0.3 is 6.03 Å². The van der Waals surface area contributed by atoms with Gasteiger partial charge in [0.2, 0.25) is 0 Å². The van der Waals surface area contributed by atoms with Gasteiger partial charge in [0, 0.05) is 24.8 Å². The number of carbonyl (C=O) groups is 3. The molecule has 0 aliphatic carbocycles. The Hall–Kier alpha value is -3.22. The lowest BCUT2D eigenvalue weighted by atomic mass is 9.73. The number of nitrogens with one attached hydrogen (secondary N) is 1. The number of benzene rings is 1. The summed E-state index contributed by atoms with van der Waals surface area (Å²) in [6, 6.07) is 12.8. The maximum absolute atomic E-state index is 13.8. The quantitative estimate of drug-likeness (QED) is 0.626. The summed E-state index contributed by atoms with van der Waals surface area (Å²) in [5.41, 5.74) is 1.51. The summed E-state index contributed by atoms with van der Waals surface area (Å²) >= 11 is 0. The summed E-state index contributed by atoms with van der Waals surface area (Å²) in [7, 11) is 0. The third kappa shape index (κ3) is 4.83. The second kappa shape index (κ2) is 9.95. The molecule has 1 aromatic heterocycles. The van der Waals surface area contributed by atoms with Crippen LogP contribution in [0.2, 0.25) is 0 Å². The third-order valence-corrected chi connectivity index (χ3v) is 7.11. The molecule has 2 aromatic rings. The van der Waals surface area contributed by atoms with Crippen molar-refractivity contribution in [1.82, 2.24) is 20.1 Å². The van der Waals surface area contributed by atoms with E-state index in [1.165, 1.54) is 4.90 Å². The van der Waals surface area contributed by atoms with Gasteiger partial charge in [-0.1, -0.05) is 37.6 Å². The molecule has 2 aliphatic heterocycles. The molecule has 0 saturated carbocycles. The highest BCUT2D eigenvalue weighted by atomic mass is 16.2. The number of carbonyl (C=O) groups excluding carboxylic acids is 3. The molecule has 7 heteroatoms. The van der Waals surface area contributed by atoms with Gasteiger partial charge in [-0.15, -0.1) is 0 Å². The lowest BCUT2D eigenvalue weighted by Crippen LogP contribution is -2.56. The molecule has 1 N–H and O–H groups in total. The van der Waals surface area contributed by atoms with Crippen LogP contribution in [0.5, 0.6) is 0 Å². The normalized spacial score (nSPS) is 21.3. The predicted molar refractivity (Wildman–Crippen MR) is 130 cm³/mol. The summed E-state index contributed by atoms with van der Waals surface area (Å²) in [5, 5.41) is 3.10. The number of aromatic nitrogens is 1. The Morgan fingerprint density at radius 2 is 1.91 bits per heavy atom. The van der Waals surface area contributed by atoms with Crippen LogP contribution >= 0.6 is 0 Å². The van der Waals surface area contributed by atoms with E-state index in [9.17, 15) is 14.4 Å². The zero-order valence-corrected chi connectivity index (χ0v) is 20.3. The van der Waals surface area contributed by atoms with Gasteiger partial charge < -0.3 is 10.2 Å². The number of likely N-dealkylation sites (tertiary alicyclic amines) is 1. The lowest BCUT2D eigenvalue weighted by molar-refractivity contribution is -0.134. The molecule has 1 aromatic carbocycles. The molecular weight excluding hydrogens is 428 g/mol. The molecule has 180 valence electrons. The van der Waals surface area contributed by atoms with Crippen molar-refractivity contribution < 1.29 is 14.4 Å². The van der Waals surface area contributed by atoms with E-state index in [1.54, 1.807) is 6.20 Å². The summed E-state index contributed by atoms with van der Waals surface area (Å²) < 4.78 is 0. The fourth-order valence-corrected chi connectivity index (χ4v) is 5.14. The van der Waals surface area contributed by atoms with Crippen LogP contribution in [0.25, 0.3) is 0 Å². The molecule has 1 atom stereocenters. The Morgan fingerprint density at radius 1 is 1.15 bits per heavy atom. The third-order valence-electron chi connectivity index (χ3n) is 7.11. The second-order valence-electron chi connectivity index (χ2n) is 9.98. The van der Waals surface area contributed by atoms with E-state index in [0.717, 1.165) is 12.0 Å². The highest BCUT2D eigenvalue weighted by Crippen LogP contribution is 2.38. The van der Waals surface area contributed by atoms with E-state index in [4.69, 9.17) is 0 Å². The molecule has 2 aliphatic rings. The van der Waals surface area contributed by atoms with Crippen molar-refractivity contribution in [2.75, 3.05) is 13.1 Å². The number of piperidine rings is 1. The predicted octanol–water partition coefficient (Wildman–Crippen LogP) is 4.17. The van der Waals surface area contributed by atoms with Crippen molar-refractivity contribution >= 4 is 17.8 Å². The van der Waals surface area contributed by atoms with Gasteiger partial charge in [0.25, 0.3) is 11.8 Å². The fraction of sp³-hybridized carbons (Fsp3) is 0.481. The first-order valence-electron chi connectivity index (χ1n) is 12.2. The van der Waals surface area contributed by atoms with Crippen molar-refractivity contribution in [3.05, 3.63) is 65.5 Å². The molecule has 0 bridgehead atoms. The van der Waals surface area contributed by atoms with Crippen LogP contribution < -0.4 is 5.32 Å². The number of amides is 4. The molecule has 0 spiro atoms. The average Bonchev–Trinajstić information content (AvgIpc) is 3.08. The van der Waals surface area contributed by atoms with Gasteiger partial charge in [0.05, 0.1) is 12.2 Å². The summed E-state index contributed by atoms with van der Waals surface area (Å²) in [6.07, 6.45) is 4.47. The first-order valence-corrected chi connectivity index (χ1v) is 12.2. The zero-order chi connectivity index (χ0) is 24.3. The monoisotopic (exact) mass is 462 g/mol. The summed E-state index contributed by atoms with van der Waals surface area (Å²) in [6.45, 7) is 7.55. The Bertz CT molecular complexity index is 1050. The van der Waals surface area contributed by atoms with Crippen LogP contribution in [0.15, 0.2) is 48.7 Å². The number of hydrogen-bond donors (Lipinski definition) is 1. The first kappa shape index (κ1) is 23.9. The highest BCUT2D eigenvalue weighted by molar-refractivity contribution is 6.07. The van der Waals surface area contributed by atoms with Gasteiger partial charge in [-0.2, -0.15) is 0 Å². The van der Waals surface area contributed by atoms with Crippen molar-refractivity contribution in [1.29, 1.82) is 0 Å². The fourth-order valence-electron chi connectivity index (χ4n) is 5.14. The molecule has 7 nitrogen and oxygen atoms in total. The molecule has 2 saturated heterocycles. The number of nitrogens with zero attached hydrogens (tertiary/aromatic N) is 3. The van der Waals surface area contributed by atoms with Crippen molar-refractivity contribution in [3.8, 4) is 0 Å². The SMILES string of the molecule is Cc1cccc(C(=O)N2CCC([C@@]3(CCC(C)C)NC(=O)N(Cc4ccccn4)C3=O)CC2)c1. The number of hydrogen-bond acceptors (Lipinski definition) is 4. The standard InChI is InChI=1S/C27H34N4O3/c1-19(2)10-13-27(25(33)31(26(34)29-27)18-23-9-4-5-14-28-23)22-11-15-30(16-12-22)24(32)21-8-6-7-20(3)17-21/h4-9,14,17,19,22H,10-13,15-16,18H2,1-3H3,(H,29,34)/t27-/m1/s1. The molecule has 0 radical (unpaired) electrons. The van der Waals surface area contributed by atoms with Crippen LogP contribution in [0, 0.1) is 18.8 Å². The lowest BCUT2D eigenvalue weighted by Gasteiger charge is -2.41. The average molecular weight is 463 g/mol. The Kier molecular flexibility index (Phi) is 7.00. The molecule has 4 amide bonds.